The van der Waals surface area contributed by atoms with E-state index in [1.807, 2.05) is 24.3 Å². The summed E-state index contributed by atoms with van der Waals surface area (Å²) < 4.78 is 13.4. The van der Waals surface area contributed by atoms with Crippen molar-refractivity contribution in [3.63, 3.8) is 0 Å². The monoisotopic (exact) mass is 410 g/mol. The van der Waals surface area contributed by atoms with Gasteiger partial charge >= 0.3 is 0 Å². The first kappa shape index (κ1) is 19.3. The molecule has 1 aliphatic rings. The average Bonchev–Trinajstić information content (AvgIpc) is 2.76. The van der Waals surface area contributed by atoms with Crippen molar-refractivity contribution in [2.45, 2.75) is 6.92 Å². The molecular weight excluding hydrogens is 391 g/mol. The van der Waals surface area contributed by atoms with E-state index in [2.05, 4.69) is 14.8 Å². The molecule has 1 fully saturated rings. The molecule has 4 rings (SSSR count). The number of anilines is 2. The Labute approximate surface area is 173 Å². The lowest BCUT2D eigenvalue weighted by atomic mass is 10.1. The number of aromatic nitrogens is 2. The molecule has 1 aliphatic heterocycles. The van der Waals surface area contributed by atoms with E-state index in [1.165, 1.54) is 6.07 Å². The summed E-state index contributed by atoms with van der Waals surface area (Å²) in [5.74, 6) is 0.406. The maximum atomic E-state index is 13.4. The van der Waals surface area contributed by atoms with Gasteiger partial charge in [0.05, 0.1) is 23.1 Å². The third-order valence-electron chi connectivity index (χ3n) is 5.08. The van der Waals surface area contributed by atoms with E-state index in [4.69, 9.17) is 16.6 Å². The van der Waals surface area contributed by atoms with Gasteiger partial charge in [0.2, 0.25) is 0 Å². The molecule has 0 radical (unpaired) electrons. The summed E-state index contributed by atoms with van der Waals surface area (Å²) >= 11 is 5.90. The lowest BCUT2D eigenvalue weighted by molar-refractivity contribution is 0.101. The Hall–Kier alpha value is -2.99. The summed E-state index contributed by atoms with van der Waals surface area (Å²) in [5.41, 5.74) is 3.22. The smallest absolute Gasteiger partial charge is 0.159 e. The third kappa shape index (κ3) is 4.22. The van der Waals surface area contributed by atoms with Gasteiger partial charge in [-0.2, -0.15) is 0 Å². The molecular formula is C22H20ClFN4O. The summed E-state index contributed by atoms with van der Waals surface area (Å²) in [6.07, 6.45) is 3.39. The van der Waals surface area contributed by atoms with Crippen molar-refractivity contribution < 1.29 is 9.18 Å². The number of rotatable bonds is 4. The molecule has 148 valence electrons. The van der Waals surface area contributed by atoms with Crippen molar-refractivity contribution in [1.29, 1.82) is 0 Å². The minimum atomic E-state index is -0.452. The number of benzene rings is 2. The zero-order valence-electron chi connectivity index (χ0n) is 16.0. The molecule has 2 heterocycles. The Morgan fingerprint density at radius 2 is 1.69 bits per heavy atom. The Balaban J connectivity index is 1.46. The molecule has 0 saturated carbocycles. The number of hydrogen-bond acceptors (Lipinski definition) is 5. The fraction of sp³-hybridized carbons (Fsp3) is 0.227. The van der Waals surface area contributed by atoms with Crippen LogP contribution in [0.3, 0.4) is 0 Å². The fourth-order valence-corrected chi connectivity index (χ4v) is 3.58. The Bertz CT molecular complexity index is 1030. The highest BCUT2D eigenvalue weighted by atomic mass is 35.5. The highest BCUT2D eigenvalue weighted by Crippen LogP contribution is 2.25. The Kier molecular flexibility index (Phi) is 5.45. The van der Waals surface area contributed by atoms with Crippen molar-refractivity contribution in [3.8, 4) is 11.3 Å². The summed E-state index contributed by atoms with van der Waals surface area (Å²) in [6, 6.07) is 12.3. The molecule has 7 heteroatoms. The molecule has 5 nitrogen and oxygen atoms in total. The van der Waals surface area contributed by atoms with Gasteiger partial charge in [-0.3, -0.25) is 9.78 Å². The summed E-state index contributed by atoms with van der Waals surface area (Å²) in [5, 5.41) is 0.0686. The van der Waals surface area contributed by atoms with Crippen LogP contribution in [0.2, 0.25) is 5.02 Å². The van der Waals surface area contributed by atoms with Gasteiger partial charge < -0.3 is 9.80 Å². The number of hydrogen-bond donors (Lipinski definition) is 0. The minimum absolute atomic E-state index is 0.0686. The van der Waals surface area contributed by atoms with Gasteiger partial charge in [-0.05, 0) is 49.4 Å². The lowest BCUT2D eigenvalue weighted by Crippen LogP contribution is -2.46. The quantitative estimate of drug-likeness (QED) is 0.594. The third-order valence-corrected chi connectivity index (χ3v) is 5.37. The highest BCUT2D eigenvalue weighted by molar-refractivity contribution is 6.31. The normalized spacial score (nSPS) is 14.2. The maximum Gasteiger partial charge on any atom is 0.159 e. The Morgan fingerprint density at radius 1 is 1.00 bits per heavy atom. The van der Waals surface area contributed by atoms with Crippen molar-refractivity contribution in [1.82, 2.24) is 9.97 Å². The van der Waals surface area contributed by atoms with Crippen LogP contribution in [0.15, 0.2) is 54.9 Å². The Morgan fingerprint density at radius 3 is 2.34 bits per heavy atom. The second-order valence-corrected chi connectivity index (χ2v) is 7.38. The molecule has 1 saturated heterocycles. The molecule has 3 aromatic rings. The molecule has 0 N–H and O–H groups in total. The van der Waals surface area contributed by atoms with Gasteiger partial charge in [-0.1, -0.05) is 11.6 Å². The van der Waals surface area contributed by atoms with E-state index in [9.17, 15) is 9.18 Å². The SMILES string of the molecule is CC(=O)c1ccc(N2CCN(c3cncc(-c4ccc(F)c(Cl)c4)n3)CC2)cc1. The number of piperazine rings is 1. The molecule has 0 amide bonds. The average molecular weight is 411 g/mol. The second-order valence-electron chi connectivity index (χ2n) is 6.97. The van der Waals surface area contributed by atoms with Gasteiger partial charge in [0.1, 0.15) is 11.6 Å². The van der Waals surface area contributed by atoms with Crippen LogP contribution in [0.1, 0.15) is 17.3 Å². The van der Waals surface area contributed by atoms with Crippen LogP contribution in [-0.2, 0) is 0 Å². The maximum absolute atomic E-state index is 13.4. The predicted molar refractivity (Wildman–Crippen MR) is 113 cm³/mol. The van der Waals surface area contributed by atoms with Crippen molar-refractivity contribution >= 4 is 28.9 Å². The largest absolute Gasteiger partial charge is 0.368 e. The van der Waals surface area contributed by atoms with E-state index < -0.39 is 5.82 Å². The van der Waals surface area contributed by atoms with E-state index in [0.29, 0.717) is 5.69 Å². The van der Waals surface area contributed by atoms with Crippen LogP contribution in [0.5, 0.6) is 0 Å². The zero-order valence-corrected chi connectivity index (χ0v) is 16.7. The summed E-state index contributed by atoms with van der Waals surface area (Å²) in [4.78, 5) is 24.9. The minimum Gasteiger partial charge on any atom is -0.368 e. The highest BCUT2D eigenvalue weighted by Gasteiger charge is 2.19. The van der Waals surface area contributed by atoms with E-state index >= 15 is 0 Å². The van der Waals surface area contributed by atoms with Crippen LogP contribution < -0.4 is 9.80 Å². The van der Waals surface area contributed by atoms with E-state index in [1.54, 1.807) is 31.5 Å². The van der Waals surface area contributed by atoms with Crippen molar-refractivity contribution in [2.24, 2.45) is 0 Å². The van der Waals surface area contributed by atoms with Crippen LogP contribution in [0.25, 0.3) is 11.3 Å². The summed E-state index contributed by atoms with van der Waals surface area (Å²) in [6.45, 7) is 4.86. The van der Waals surface area contributed by atoms with E-state index in [-0.39, 0.29) is 10.8 Å². The van der Waals surface area contributed by atoms with Gasteiger partial charge in [0.15, 0.2) is 5.78 Å². The molecule has 29 heavy (non-hydrogen) atoms. The summed E-state index contributed by atoms with van der Waals surface area (Å²) in [7, 11) is 0. The van der Waals surface area contributed by atoms with Gasteiger partial charge in [-0.25, -0.2) is 9.37 Å². The molecule has 0 aliphatic carbocycles. The standard InChI is InChI=1S/C22H20ClFN4O/c1-15(29)16-2-5-18(6-3-16)27-8-10-28(11-9-27)22-14-25-13-21(26-22)17-4-7-20(24)19(23)12-17/h2-7,12-14H,8-11H2,1H3. The molecule has 0 spiro atoms. The topological polar surface area (TPSA) is 49.3 Å². The first-order valence-corrected chi connectivity index (χ1v) is 9.77. The number of nitrogens with zero attached hydrogens (tertiary/aromatic N) is 4. The number of halogens is 2. The van der Waals surface area contributed by atoms with Crippen molar-refractivity contribution in [3.05, 3.63) is 71.3 Å². The van der Waals surface area contributed by atoms with Gasteiger partial charge in [-0.15, -0.1) is 0 Å². The van der Waals surface area contributed by atoms with Crippen LogP contribution >= 0.6 is 11.6 Å². The van der Waals surface area contributed by atoms with Crippen molar-refractivity contribution in [2.75, 3.05) is 36.0 Å². The van der Waals surface area contributed by atoms with Gasteiger partial charge in [0, 0.05) is 43.0 Å². The molecule has 0 unspecified atom stereocenters. The molecule has 2 aromatic carbocycles. The number of carbonyl (C=O) groups excluding carboxylic acids is 1. The number of ketones is 1. The number of carbonyl (C=O) groups is 1. The van der Waals surface area contributed by atoms with Crippen LogP contribution in [0.4, 0.5) is 15.9 Å². The first-order valence-electron chi connectivity index (χ1n) is 9.39. The number of Topliss-reactive ketones (excluding diaryl/α,β-unsaturated/α-hetero) is 1. The second kappa shape index (κ2) is 8.17. The van der Waals surface area contributed by atoms with Crippen LogP contribution in [0, 0.1) is 5.82 Å². The zero-order chi connectivity index (χ0) is 20.4. The van der Waals surface area contributed by atoms with Crippen LogP contribution in [-0.4, -0.2) is 41.9 Å². The predicted octanol–water partition coefficient (Wildman–Crippen LogP) is 4.47. The molecule has 0 atom stereocenters. The molecule has 1 aromatic heterocycles. The lowest BCUT2D eigenvalue weighted by Gasteiger charge is -2.36. The fourth-order valence-electron chi connectivity index (χ4n) is 3.40. The van der Waals surface area contributed by atoms with Gasteiger partial charge in [0.25, 0.3) is 0 Å². The van der Waals surface area contributed by atoms with E-state index in [0.717, 1.165) is 48.8 Å². The molecule has 0 bridgehead atoms. The first-order chi connectivity index (χ1) is 14.0.